The second-order valence-electron chi connectivity index (χ2n) is 2.65. The summed E-state index contributed by atoms with van der Waals surface area (Å²) in [6.07, 6.45) is 0. The van der Waals surface area contributed by atoms with Gasteiger partial charge in [0.15, 0.2) is 0 Å². The summed E-state index contributed by atoms with van der Waals surface area (Å²) in [5.41, 5.74) is 0. The van der Waals surface area contributed by atoms with E-state index in [1.54, 1.807) is 0 Å². The molecular formula is C7H10N3O2. The van der Waals surface area contributed by atoms with Crippen LogP contribution in [0.15, 0.2) is 0 Å². The smallest absolute Gasteiger partial charge is 0.248 e. The Labute approximate surface area is 70.5 Å². The summed E-state index contributed by atoms with van der Waals surface area (Å²) < 4.78 is 0. The van der Waals surface area contributed by atoms with Gasteiger partial charge < -0.3 is 4.90 Å². The molecule has 2 amide bonds. The first-order valence-corrected chi connectivity index (χ1v) is 3.47. The number of rotatable bonds is 0. The number of amidine groups is 1. The van der Waals surface area contributed by atoms with Crippen molar-refractivity contribution in [1.29, 1.82) is 5.41 Å². The van der Waals surface area contributed by atoms with E-state index in [1.807, 2.05) is 0 Å². The fraction of sp³-hybridized carbons (Fsp3) is 0.429. The normalized spacial score (nSPS) is 18.5. The number of hydrogen-bond donors (Lipinski definition) is 1. The highest BCUT2D eigenvalue weighted by Crippen LogP contribution is 2.02. The largest absolute Gasteiger partial charge is 0.342 e. The molecule has 12 heavy (non-hydrogen) atoms. The molecule has 0 aliphatic carbocycles. The Balaban J connectivity index is 2.72. The molecule has 0 aromatic rings. The quantitative estimate of drug-likeness (QED) is 0.289. The number of amides is 2. The molecular weight excluding hydrogens is 158 g/mol. The van der Waals surface area contributed by atoms with Gasteiger partial charge in [-0.05, 0) is 0 Å². The van der Waals surface area contributed by atoms with Gasteiger partial charge in [-0.25, -0.2) is 0 Å². The van der Waals surface area contributed by atoms with Crippen LogP contribution in [-0.2, 0) is 9.59 Å². The molecule has 1 heterocycles. The van der Waals surface area contributed by atoms with E-state index in [9.17, 15) is 9.59 Å². The molecule has 0 unspecified atom stereocenters. The molecule has 0 spiro atoms. The zero-order chi connectivity index (χ0) is 9.30. The average molecular weight is 168 g/mol. The third-order valence-electron chi connectivity index (χ3n) is 1.78. The molecule has 1 rings (SSSR count). The highest BCUT2D eigenvalue weighted by molar-refractivity contribution is 6.03. The Bertz CT molecular complexity index is 231. The number of piperazine rings is 1. The number of carbonyl (C=O) groups is 2. The first kappa shape index (κ1) is 8.70. The van der Waals surface area contributed by atoms with Crippen molar-refractivity contribution in [3.63, 3.8) is 0 Å². The Morgan fingerprint density at radius 3 is 2.17 bits per heavy atom. The van der Waals surface area contributed by atoms with Crippen LogP contribution in [0.25, 0.3) is 0 Å². The van der Waals surface area contributed by atoms with Gasteiger partial charge >= 0.3 is 0 Å². The van der Waals surface area contributed by atoms with Gasteiger partial charge in [0, 0.05) is 14.0 Å². The standard InChI is InChI=1S/C7H10N3O2/c1-5(8)10-3-6(11)9(2)7(12)4-10/h8H,1,3-4H2,2H3. The summed E-state index contributed by atoms with van der Waals surface area (Å²) in [7, 11) is 1.44. The van der Waals surface area contributed by atoms with Gasteiger partial charge in [0.1, 0.15) is 0 Å². The highest BCUT2D eigenvalue weighted by atomic mass is 16.2. The lowest BCUT2D eigenvalue weighted by atomic mass is 10.3. The van der Waals surface area contributed by atoms with Crippen LogP contribution in [0, 0.1) is 12.3 Å². The molecule has 1 radical (unpaired) electrons. The van der Waals surface area contributed by atoms with Gasteiger partial charge in [-0.2, -0.15) is 0 Å². The minimum atomic E-state index is -0.292. The van der Waals surface area contributed by atoms with Gasteiger partial charge in [0.25, 0.3) is 0 Å². The molecule has 0 bridgehead atoms. The van der Waals surface area contributed by atoms with Crippen molar-refractivity contribution < 1.29 is 9.59 Å². The van der Waals surface area contributed by atoms with E-state index in [4.69, 9.17) is 5.41 Å². The van der Waals surface area contributed by atoms with E-state index in [0.717, 1.165) is 4.90 Å². The number of nitrogens with one attached hydrogen (secondary N) is 1. The van der Waals surface area contributed by atoms with Gasteiger partial charge in [0.05, 0.1) is 18.9 Å². The molecule has 1 aliphatic heterocycles. The summed E-state index contributed by atoms with van der Waals surface area (Å²) in [4.78, 5) is 24.5. The predicted molar refractivity (Wildman–Crippen MR) is 42.4 cm³/mol. The van der Waals surface area contributed by atoms with Crippen LogP contribution in [-0.4, -0.2) is 47.6 Å². The molecule has 5 heteroatoms. The zero-order valence-corrected chi connectivity index (χ0v) is 6.83. The molecule has 0 aromatic carbocycles. The van der Waals surface area contributed by atoms with Crippen LogP contribution >= 0.6 is 0 Å². The third kappa shape index (κ3) is 1.44. The first-order chi connectivity index (χ1) is 5.52. The molecule has 0 atom stereocenters. The molecule has 65 valence electrons. The van der Waals surface area contributed by atoms with Gasteiger partial charge in [-0.1, -0.05) is 0 Å². The second-order valence-corrected chi connectivity index (χ2v) is 2.65. The number of carbonyl (C=O) groups excluding carboxylic acids is 2. The fourth-order valence-electron chi connectivity index (χ4n) is 0.925. The molecule has 1 aliphatic rings. The number of nitrogens with zero attached hydrogens (tertiary/aromatic N) is 2. The second kappa shape index (κ2) is 2.92. The predicted octanol–water partition coefficient (Wildman–Crippen LogP) is -0.902. The maximum absolute atomic E-state index is 11.1. The van der Waals surface area contributed by atoms with Crippen LogP contribution < -0.4 is 0 Å². The molecule has 0 saturated carbocycles. The van der Waals surface area contributed by atoms with Crippen molar-refractivity contribution in [2.24, 2.45) is 0 Å². The monoisotopic (exact) mass is 168 g/mol. The van der Waals surface area contributed by atoms with E-state index in [2.05, 4.69) is 6.92 Å². The van der Waals surface area contributed by atoms with E-state index in [0.29, 0.717) is 0 Å². The van der Waals surface area contributed by atoms with Crippen LogP contribution in [0.4, 0.5) is 0 Å². The highest BCUT2D eigenvalue weighted by Gasteiger charge is 2.27. The summed E-state index contributed by atoms with van der Waals surface area (Å²) in [6, 6.07) is 0. The molecule has 1 fully saturated rings. The fourth-order valence-corrected chi connectivity index (χ4v) is 0.925. The Morgan fingerprint density at radius 1 is 1.42 bits per heavy atom. The van der Waals surface area contributed by atoms with E-state index < -0.39 is 0 Å². The summed E-state index contributed by atoms with van der Waals surface area (Å²) >= 11 is 0. The van der Waals surface area contributed by atoms with Crippen molar-refractivity contribution >= 4 is 17.6 Å². The van der Waals surface area contributed by atoms with Crippen molar-refractivity contribution in [2.75, 3.05) is 20.1 Å². The topological polar surface area (TPSA) is 64.5 Å². The molecule has 5 nitrogen and oxygen atoms in total. The van der Waals surface area contributed by atoms with Crippen LogP contribution in [0.1, 0.15) is 0 Å². The maximum atomic E-state index is 11.1. The van der Waals surface area contributed by atoms with Crippen LogP contribution in [0.3, 0.4) is 0 Å². The lowest BCUT2D eigenvalue weighted by Gasteiger charge is -2.30. The van der Waals surface area contributed by atoms with E-state index in [-0.39, 0.29) is 30.7 Å². The summed E-state index contributed by atoms with van der Waals surface area (Å²) in [5, 5.41) is 7.13. The zero-order valence-electron chi connectivity index (χ0n) is 6.83. The summed E-state index contributed by atoms with van der Waals surface area (Å²) in [5.74, 6) is -0.580. The minimum Gasteiger partial charge on any atom is -0.342 e. The SMILES string of the molecule is [CH2]C(=N)N1CC(=O)N(C)C(=O)C1. The lowest BCUT2D eigenvalue weighted by Crippen LogP contribution is -2.53. The average Bonchev–Trinajstić information content (AvgIpc) is 1.99. The van der Waals surface area contributed by atoms with Crippen molar-refractivity contribution in [2.45, 2.75) is 0 Å². The maximum Gasteiger partial charge on any atom is 0.248 e. The van der Waals surface area contributed by atoms with E-state index in [1.165, 1.54) is 11.9 Å². The molecule has 1 N–H and O–H groups in total. The Morgan fingerprint density at radius 2 is 1.83 bits per heavy atom. The number of hydrogen-bond acceptors (Lipinski definition) is 3. The number of imide groups is 1. The van der Waals surface area contributed by atoms with Gasteiger partial charge in [0.2, 0.25) is 11.8 Å². The van der Waals surface area contributed by atoms with Crippen LogP contribution in [0.2, 0.25) is 0 Å². The van der Waals surface area contributed by atoms with Crippen molar-refractivity contribution in [1.82, 2.24) is 9.80 Å². The van der Waals surface area contributed by atoms with Crippen molar-refractivity contribution in [3.8, 4) is 0 Å². The third-order valence-corrected chi connectivity index (χ3v) is 1.78. The lowest BCUT2D eigenvalue weighted by molar-refractivity contribution is -0.147. The van der Waals surface area contributed by atoms with Gasteiger partial charge in [-0.15, -0.1) is 0 Å². The van der Waals surface area contributed by atoms with Crippen LogP contribution in [0.5, 0.6) is 0 Å². The Hall–Kier alpha value is -1.39. The van der Waals surface area contributed by atoms with Gasteiger partial charge in [-0.3, -0.25) is 19.9 Å². The summed E-state index contributed by atoms with van der Waals surface area (Å²) in [6.45, 7) is 3.49. The van der Waals surface area contributed by atoms with Crippen molar-refractivity contribution in [3.05, 3.63) is 6.92 Å². The minimum absolute atomic E-state index is 0.00444. The Kier molecular flexibility index (Phi) is 2.12. The first-order valence-electron chi connectivity index (χ1n) is 3.47. The molecule has 1 saturated heterocycles. The number of likely N-dealkylation sites (N-methyl/N-ethyl adjacent to an activating group) is 1. The molecule has 0 aromatic heterocycles. The van der Waals surface area contributed by atoms with E-state index >= 15 is 0 Å².